The summed E-state index contributed by atoms with van der Waals surface area (Å²) in [6.45, 7) is 3.83. The number of nitrogens with zero attached hydrogens (tertiary/aromatic N) is 1. The molecule has 0 bridgehead atoms. The third-order valence-corrected chi connectivity index (χ3v) is 6.05. The van der Waals surface area contributed by atoms with Gasteiger partial charge in [0, 0.05) is 53.0 Å². The molecule has 0 saturated carbocycles. The summed E-state index contributed by atoms with van der Waals surface area (Å²) in [6, 6.07) is 17.7. The minimum atomic E-state index is -4.43. The number of nitrogens with one attached hydrogen (secondary N) is 1. The average Bonchev–Trinajstić information content (AvgIpc) is 2.79. The second kappa shape index (κ2) is 9.12. The molecule has 32 heavy (non-hydrogen) atoms. The number of anilines is 1. The van der Waals surface area contributed by atoms with Crippen LogP contribution in [0.5, 0.6) is 0 Å². The molecular weight excluding hydrogens is 426 g/mol. The minimum Gasteiger partial charge on any atom is -0.456 e. The highest BCUT2D eigenvalue weighted by Gasteiger charge is 2.23. The van der Waals surface area contributed by atoms with Crippen LogP contribution in [0.25, 0.3) is 33.4 Å². The summed E-state index contributed by atoms with van der Waals surface area (Å²) in [7, 11) is -4.43. The minimum absolute atomic E-state index is 0.154. The van der Waals surface area contributed by atoms with E-state index < -0.39 is 10.1 Å². The quantitative estimate of drug-likeness (QED) is 0.287. The van der Waals surface area contributed by atoms with Gasteiger partial charge >= 0.3 is 0 Å². The maximum Gasteiger partial charge on any atom is 0.295 e. The van der Waals surface area contributed by atoms with Gasteiger partial charge in [-0.3, -0.25) is 9.55 Å². The van der Waals surface area contributed by atoms with E-state index in [1.54, 1.807) is 18.2 Å². The Labute approximate surface area is 186 Å². The van der Waals surface area contributed by atoms with Crippen LogP contribution < -0.4 is 16.4 Å². The number of hydrogen-bond donors (Lipinski definition) is 3. The van der Waals surface area contributed by atoms with E-state index in [1.165, 1.54) is 6.07 Å². The Morgan fingerprint density at radius 2 is 1.88 bits per heavy atom. The van der Waals surface area contributed by atoms with E-state index in [1.807, 2.05) is 36.4 Å². The van der Waals surface area contributed by atoms with Crippen LogP contribution in [0.4, 0.5) is 5.69 Å². The monoisotopic (exact) mass is 451 g/mol. The molecule has 4 N–H and O–H groups in total. The Morgan fingerprint density at radius 3 is 2.62 bits per heavy atom. The van der Waals surface area contributed by atoms with Crippen LogP contribution in [0, 0.1) is 0 Å². The van der Waals surface area contributed by atoms with Crippen LogP contribution in [-0.2, 0) is 10.1 Å². The van der Waals surface area contributed by atoms with Crippen molar-refractivity contribution < 1.29 is 17.4 Å². The molecule has 1 heterocycles. The third kappa shape index (κ3) is 4.38. The highest BCUT2D eigenvalue weighted by Crippen LogP contribution is 2.42. The predicted octanol–water partition coefficient (Wildman–Crippen LogP) is 4.13. The number of rotatable bonds is 7. The van der Waals surface area contributed by atoms with Gasteiger partial charge in [0.2, 0.25) is 0 Å². The molecule has 4 rings (SSSR count). The van der Waals surface area contributed by atoms with E-state index in [4.69, 9.17) is 10.2 Å². The highest BCUT2D eigenvalue weighted by atomic mass is 32.2. The topological polar surface area (TPSA) is 118 Å². The first-order valence-electron chi connectivity index (χ1n) is 10.4. The van der Waals surface area contributed by atoms with Gasteiger partial charge in [-0.1, -0.05) is 25.1 Å². The van der Waals surface area contributed by atoms with E-state index in [-0.39, 0.29) is 4.90 Å². The van der Waals surface area contributed by atoms with Gasteiger partial charge in [0.25, 0.3) is 10.1 Å². The Bertz CT molecular complexity index is 1410. The van der Waals surface area contributed by atoms with Crippen molar-refractivity contribution in [3.05, 3.63) is 66.0 Å². The summed E-state index contributed by atoms with van der Waals surface area (Å²) < 4.78 is 40.4. The number of fused-ring (bicyclic) bond motifs is 2. The van der Waals surface area contributed by atoms with E-state index in [9.17, 15) is 13.0 Å². The second-order valence-corrected chi connectivity index (χ2v) is 8.83. The molecule has 2 aliphatic rings. The van der Waals surface area contributed by atoms with Crippen molar-refractivity contribution in [3.63, 3.8) is 0 Å². The molecule has 2 aromatic rings. The fourth-order valence-corrected chi connectivity index (χ4v) is 4.44. The lowest BCUT2D eigenvalue weighted by Crippen LogP contribution is -2.09. The molecule has 1 aliphatic heterocycles. The fraction of sp³-hybridized carbons (Fsp3) is 0.208. The van der Waals surface area contributed by atoms with Gasteiger partial charge in [-0.25, -0.2) is 0 Å². The van der Waals surface area contributed by atoms with Gasteiger partial charge in [-0.05, 0) is 36.8 Å². The maximum atomic E-state index is 12.1. The van der Waals surface area contributed by atoms with E-state index in [2.05, 4.69) is 17.2 Å². The summed E-state index contributed by atoms with van der Waals surface area (Å²) in [5, 5.41) is 4.80. The summed E-state index contributed by atoms with van der Waals surface area (Å²) in [5.41, 5.74) is 8.86. The lowest BCUT2D eigenvalue weighted by molar-refractivity contribution is 0.483. The SMILES string of the molecule is CCCNc1ccc2c(-c3ccccc3S(=O)(=O)O)c3ccc(=NCCN)cc-3oc2c1. The molecule has 0 saturated heterocycles. The molecule has 0 radical (unpaired) electrons. The van der Waals surface area contributed by atoms with Crippen molar-refractivity contribution in [2.24, 2.45) is 10.7 Å². The molecule has 2 aromatic carbocycles. The molecule has 0 amide bonds. The molecular formula is C24H25N3O4S. The normalized spacial score (nSPS) is 12.5. The molecule has 0 atom stereocenters. The van der Waals surface area contributed by atoms with E-state index >= 15 is 0 Å². The van der Waals surface area contributed by atoms with E-state index in [0.29, 0.717) is 35.6 Å². The van der Waals surface area contributed by atoms with Crippen molar-refractivity contribution in [1.29, 1.82) is 0 Å². The van der Waals surface area contributed by atoms with Gasteiger partial charge in [-0.15, -0.1) is 0 Å². The average molecular weight is 452 g/mol. The van der Waals surface area contributed by atoms with Crippen molar-refractivity contribution >= 4 is 26.8 Å². The van der Waals surface area contributed by atoms with Crippen molar-refractivity contribution in [2.75, 3.05) is 25.0 Å². The third-order valence-electron chi connectivity index (χ3n) is 5.14. The van der Waals surface area contributed by atoms with Crippen LogP contribution in [-0.4, -0.2) is 32.6 Å². The largest absolute Gasteiger partial charge is 0.456 e. The lowest BCUT2D eigenvalue weighted by atomic mass is 9.93. The van der Waals surface area contributed by atoms with Crippen molar-refractivity contribution in [1.82, 2.24) is 0 Å². The van der Waals surface area contributed by atoms with Gasteiger partial charge in [0.05, 0.1) is 11.9 Å². The van der Waals surface area contributed by atoms with Crippen LogP contribution in [0.2, 0.25) is 0 Å². The van der Waals surface area contributed by atoms with Gasteiger partial charge in [0.1, 0.15) is 16.2 Å². The van der Waals surface area contributed by atoms with Crippen LogP contribution in [0.15, 0.2) is 75.0 Å². The van der Waals surface area contributed by atoms with Crippen LogP contribution in [0.3, 0.4) is 0 Å². The van der Waals surface area contributed by atoms with Crippen LogP contribution >= 0.6 is 0 Å². The molecule has 7 nitrogen and oxygen atoms in total. The molecule has 8 heteroatoms. The number of hydrogen-bond acceptors (Lipinski definition) is 6. The Kier molecular flexibility index (Phi) is 6.27. The Hall–Kier alpha value is -3.20. The molecule has 0 fully saturated rings. The summed E-state index contributed by atoms with van der Waals surface area (Å²) in [4.78, 5) is 4.29. The maximum absolute atomic E-state index is 12.1. The van der Waals surface area contributed by atoms with Gasteiger partial charge in [-0.2, -0.15) is 8.42 Å². The first kappa shape index (κ1) is 22.0. The lowest BCUT2D eigenvalue weighted by Gasteiger charge is -2.17. The second-order valence-electron chi connectivity index (χ2n) is 7.44. The Balaban J connectivity index is 2.08. The summed E-state index contributed by atoms with van der Waals surface area (Å²) >= 11 is 0. The smallest absolute Gasteiger partial charge is 0.295 e. The summed E-state index contributed by atoms with van der Waals surface area (Å²) in [6.07, 6.45) is 0.978. The molecule has 0 unspecified atom stereocenters. The highest BCUT2D eigenvalue weighted by molar-refractivity contribution is 7.86. The predicted molar refractivity (Wildman–Crippen MR) is 126 cm³/mol. The van der Waals surface area contributed by atoms with Crippen LogP contribution in [0.1, 0.15) is 13.3 Å². The molecule has 166 valence electrons. The first-order chi connectivity index (χ1) is 15.4. The molecule has 1 aliphatic carbocycles. The number of nitrogens with two attached hydrogens (primary N) is 1. The first-order valence-corrected chi connectivity index (χ1v) is 11.9. The zero-order chi connectivity index (χ0) is 22.7. The Morgan fingerprint density at radius 1 is 1.06 bits per heavy atom. The van der Waals surface area contributed by atoms with E-state index in [0.717, 1.165) is 35.0 Å². The molecule has 0 spiro atoms. The van der Waals surface area contributed by atoms with Gasteiger partial charge in [0.15, 0.2) is 0 Å². The van der Waals surface area contributed by atoms with Gasteiger partial charge < -0.3 is 15.5 Å². The zero-order valence-corrected chi connectivity index (χ0v) is 18.5. The summed E-state index contributed by atoms with van der Waals surface area (Å²) in [5.74, 6) is 0.559. The number of benzene rings is 3. The van der Waals surface area contributed by atoms with Crippen molar-refractivity contribution in [3.8, 4) is 22.5 Å². The zero-order valence-electron chi connectivity index (χ0n) is 17.7. The fourth-order valence-electron chi connectivity index (χ4n) is 3.74. The molecule has 0 aromatic heterocycles. The van der Waals surface area contributed by atoms with Crippen molar-refractivity contribution in [2.45, 2.75) is 18.2 Å². The standard InChI is InChI=1S/C24H25N3O4S/c1-2-12-26-16-7-9-18-21(14-16)31-22-15-17(27-13-11-25)8-10-19(22)24(18)20-5-3-4-6-23(20)32(28,29)30/h3-10,14-15,26H,2,11-13,25H2,1H3,(H,28,29,30).